The van der Waals surface area contributed by atoms with Crippen molar-refractivity contribution in [3.05, 3.63) is 64.1 Å². The van der Waals surface area contributed by atoms with Gasteiger partial charge >= 0.3 is 0 Å². The predicted octanol–water partition coefficient (Wildman–Crippen LogP) is 3.64. The molecule has 0 aromatic heterocycles. The van der Waals surface area contributed by atoms with Gasteiger partial charge in [-0.25, -0.2) is 0 Å². The van der Waals surface area contributed by atoms with E-state index < -0.39 is 0 Å². The van der Waals surface area contributed by atoms with Gasteiger partial charge in [-0.2, -0.15) is 5.26 Å². The molecule has 0 amide bonds. The van der Waals surface area contributed by atoms with E-state index in [1.54, 1.807) is 0 Å². The molecule has 1 saturated heterocycles. The van der Waals surface area contributed by atoms with E-state index in [0.29, 0.717) is 0 Å². The molecule has 3 nitrogen and oxygen atoms in total. The van der Waals surface area contributed by atoms with Gasteiger partial charge in [-0.05, 0) is 33.6 Å². The quantitative estimate of drug-likeness (QED) is 0.841. The van der Waals surface area contributed by atoms with Crippen LogP contribution in [0.1, 0.15) is 11.1 Å². The van der Waals surface area contributed by atoms with Crippen LogP contribution in [0.2, 0.25) is 0 Å². The van der Waals surface area contributed by atoms with E-state index in [0.717, 1.165) is 48.4 Å². The standard InChI is InChI=1S/C18H18BrN3/c19-17-7-4-8-18(16(17)13-20)22-11-9-21(10-12-22)14-15-5-2-1-3-6-15/h1-8H,9-12,14H2. The van der Waals surface area contributed by atoms with Crippen molar-refractivity contribution in [2.75, 3.05) is 31.1 Å². The summed E-state index contributed by atoms with van der Waals surface area (Å²) in [4.78, 5) is 4.78. The Morgan fingerprint density at radius 3 is 2.36 bits per heavy atom. The van der Waals surface area contributed by atoms with E-state index in [-0.39, 0.29) is 0 Å². The highest BCUT2D eigenvalue weighted by atomic mass is 79.9. The maximum Gasteiger partial charge on any atom is 0.103 e. The Morgan fingerprint density at radius 2 is 1.68 bits per heavy atom. The molecule has 0 N–H and O–H groups in total. The molecule has 0 spiro atoms. The van der Waals surface area contributed by atoms with Crippen LogP contribution in [0.25, 0.3) is 0 Å². The SMILES string of the molecule is N#Cc1c(Br)cccc1N1CCN(Cc2ccccc2)CC1. The molecule has 3 rings (SSSR count). The average Bonchev–Trinajstić information content (AvgIpc) is 2.56. The van der Waals surface area contributed by atoms with Gasteiger partial charge < -0.3 is 4.90 Å². The second-order valence-corrected chi connectivity index (χ2v) is 6.35. The van der Waals surface area contributed by atoms with Crippen LogP contribution in [0.5, 0.6) is 0 Å². The number of rotatable bonds is 3. The summed E-state index contributed by atoms with van der Waals surface area (Å²) in [6, 6.07) is 18.9. The summed E-state index contributed by atoms with van der Waals surface area (Å²) in [6.07, 6.45) is 0. The fourth-order valence-corrected chi connectivity index (χ4v) is 3.32. The van der Waals surface area contributed by atoms with Gasteiger partial charge in [0.1, 0.15) is 6.07 Å². The van der Waals surface area contributed by atoms with Crippen LogP contribution in [-0.4, -0.2) is 31.1 Å². The number of nitrogens with zero attached hydrogens (tertiary/aromatic N) is 3. The molecule has 1 heterocycles. The lowest BCUT2D eigenvalue weighted by Gasteiger charge is -2.36. The van der Waals surface area contributed by atoms with E-state index in [1.165, 1.54) is 5.56 Å². The number of nitriles is 1. The number of hydrogen-bond donors (Lipinski definition) is 0. The number of halogens is 1. The molecule has 0 bridgehead atoms. The fraction of sp³-hybridized carbons (Fsp3) is 0.278. The number of piperazine rings is 1. The first kappa shape index (κ1) is 15.1. The van der Waals surface area contributed by atoms with Crippen molar-refractivity contribution in [1.82, 2.24) is 4.90 Å². The van der Waals surface area contributed by atoms with Gasteiger partial charge in [0.15, 0.2) is 0 Å². The Hall–Kier alpha value is -1.83. The largest absolute Gasteiger partial charge is 0.368 e. The zero-order valence-corrected chi connectivity index (χ0v) is 14.0. The number of benzene rings is 2. The highest BCUT2D eigenvalue weighted by molar-refractivity contribution is 9.10. The number of anilines is 1. The Kier molecular flexibility index (Phi) is 4.77. The predicted molar refractivity (Wildman–Crippen MR) is 92.8 cm³/mol. The number of hydrogen-bond acceptors (Lipinski definition) is 3. The third-order valence-corrected chi connectivity index (χ3v) is 4.73. The highest BCUT2D eigenvalue weighted by Crippen LogP contribution is 2.28. The second-order valence-electron chi connectivity index (χ2n) is 5.49. The smallest absolute Gasteiger partial charge is 0.103 e. The molecule has 0 aliphatic carbocycles. The van der Waals surface area contributed by atoms with E-state index >= 15 is 0 Å². The van der Waals surface area contributed by atoms with Crippen molar-refractivity contribution in [3.63, 3.8) is 0 Å². The van der Waals surface area contributed by atoms with Gasteiger partial charge in [0.25, 0.3) is 0 Å². The summed E-state index contributed by atoms with van der Waals surface area (Å²) in [5, 5.41) is 9.36. The molecule has 0 unspecified atom stereocenters. The minimum Gasteiger partial charge on any atom is -0.368 e. The average molecular weight is 356 g/mol. The molecule has 1 aliphatic rings. The summed E-state index contributed by atoms with van der Waals surface area (Å²) in [5.74, 6) is 0. The zero-order valence-electron chi connectivity index (χ0n) is 12.4. The van der Waals surface area contributed by atoms with Crippen LogP contribution >= 0.6 is 15.9 Å². The summed E-state index contributed by atoms with van der Waals surface area (Å²) >= 11 is 3.47. The molecule has 0 saturated carbocycles. The van der Waals surface area contributed by atoms with Crippen molar-refractivity contribution >= 4 is 21.6 Å². The van der Waals surface area contributed by atoms with Crippen LogP contribution in [-0.2, 0) is 6.54 Å². The summed E-state index contributed by atoms with van der Waals surface area (Å²) < 4.78 is 0.874. The van der Waals surface area contributed by atoms with Crippen LogP contribution in [0.4, 0.5) is 5.69 Å². The first-order chi connectivity index (χ1) is 10.8. The minimum atomic E-state index is 0.735. The third-order valence-electron chi connectivity index (χ3n) is 4.07. The van der Waals surface area contributed by atoms with E-state index in [9.17, 15) is 5.26 Å². The molecule has 2 aromatic rings. The third kappa shape index (κ3) is 3.32. The van der Waals surface area contributed by atoms with Crippen molar-refractivity contribution < 1.29 is 0 Å². The lowest BCUT2D eigenvalue weighted by atomic mass is 10.1. The first-order valence-corrected chi connectivity index (χ1v) is 8.27. The Morgan fingerprint density at radius 1 is 0.955 bits per heavy atom. The van der Waals surface area contributed by atoms with Crippen LogP contribution in [0, 0.1) is 11.3 Å². The maximum absolute atomic E-state index is 9.36. The first-order valence-electron chi connectivity index (χ1n) is 7.48. The van der Waals surface area contributed by atoms with Gasteiger partial charge in [0, 0.05) is 37.2 Å². The molecule has 112 valence electrons. The molecular formula is C18H18BrN3. The lowest BCUT2D eigenvalue weighted by Crippen LogP contribution is -2.46. The van der Waals surface area contributed by atoms with Gasteiger partial charge in [0.2, 0.25) is 0 Å². The van der Waals surface area contributed by atoms with Crippen molar-refractivity contribution in [2.24, 2.45) is 0 Å². The highest BCUT2D eigenvalue weighted by Gasteiger charge is 2.20. The van der Waals surface area contributed by atoms with Crippen LogP contribution in [0.3, 0.4) is 0 Å². The molecule has 4 heteroatoms. The van der Waals surface area contributed by atoms with E-state index in [2.05, 4.69) is 62.1 Å². The summed E-state index contributed by atoms with van der Waals surface area (Å²) in [6.45, 7) is 4.95. The van der Waals surface area contributed by atoms with Crippen LogP contribution < -0.4 is 4.90 Å². The summed E-state index contributed by atoms with van der Waals surface area (Å²) in [7, 11) is 0. The Balaban J connectivity index is 1.65. The van der Waals surface area contributed by atoms with Crippen LogP contribution in [0.15, 0.2) is 53.0 Å². The van der Waals surface area contributed by atoms with Gasteiger partial charge in [0.05, 0.1) is 11.3 Å². The van der Waals surface area contributed by atoms with Crippen molar-refractivity contribution in [1.29, 1.82) is 5.26 Å². The molecule has 1 aliphatic heterocycles. The molecule has 0 radical (unpaired) electrons. The second kappa shape index (κ2) is 6.95. The molecular weight excluding hydrogens is 338 g/mol. The lowest BCUT2D eigenvalue weighted by molar-refractivity contribution is 0.250. The normalized spacial score (nSPS) is 15.5. The minimum absolute atomic E-state index is 0.735. The van der Waals surface area contributed by atoms with Crippen molar-refractivity contribution in [3.8, 4) is 6.07 Å². The monoisotopic (exact) mass is 355 g/mol. The molecule has 0 atom stereocenters. The van der Waals surface area contributed by atoms with Gasteiger partial charge in [-0.3, -0.25) is 4.90 Å². The fourth-order valence-electron chi connectivity index (χ4n) is 2.88. The summed E-state index contributed by atoms with van der Waals surface area (Å²) in [5.41, 5.74) is 3.13. The molecule has 1 fully saturated rings. The van der Waals surface area contributed by atoms with E-state index in [1.807, 2.05) is 18.2 Å². The van der Waals surface area contributed by atoms with Crippen molar-refractivity contribution in [2.45, 2.75) is 6.54 Å². The van der Waals surface area contributed by atoms with E-state index in [4.69, 9.17) is 0 Å². The van der Waals surface area contributed by atoms with Gasteiger partial charge in [-0.15, -0.1) is 0 Å². The topological polar surface area (TPSA) is 30.3 Å². The molecule has 22 heavy (non-hydrogen) atoms. The maximum atomic E-state index is 9.36. The Labute approximate surface area is 139 Å². The van der Waals surface area contributed by atoms with Gasteiger partial charge in [-0.1, -0.05) is 36.4 Å². The Bertz CT molecular complexity index is 670. The molecule has 2 aromatic carbocycles. The zero-order chi connectivity index (χ0) is 15.4.